The van der Waals surface area contributed by atoms with Gasteiger partial charge in [0.05, 0.1) is 41.0 Å². The molecule has 12 nitrogen and oxygen atoms in total. The van der Waals surface area contributed by atoms with Gasteiger partial charge in [0.25, 0.3) is 11.6 Å². The van der Waals surface area contributed by atoms with Gasteiger partial charge in [-0.25, -0.2) is 4.98 Å². The lowest BCUT2D eigenvalue weighted by Crippen LogP contribution is -2.51. The van der Waals surface area contributed by atoms with Gasteiger partial charge in [0, 0.05) is 67.7 Å². The largest absolute Gasteiger partial charge is 0.392 e. The van der Waals surface area contributed by atoms with Crippen LogP contribution >= 0.6 is 0 Å². The number of amides is 1. The predicted octanol–water partition coefficient (Wildman–Crippen LogP) is 5.90. The van der Waals surface area contributed by atoms with Gasteiger partial charge >= 0.3 is 0 Å². The lowest BCUT2D eigenvalue weighted by molar-refractivity contribution is -0.384. The molecule has 5 aromatic rings. The van der Waals surface area contributed by atoms with Crippen LogP contribution in [0.2, 0.25) is 0 Å². The van der Waals surface area contributed by atoms with Crippen molar-refractivity contribution in [1.82, 2.24) is 14.9 Å². The van der Waals surface area contributed by atoms with Crippen LogP contribution in [-0.4, -0.2) is 69.6 Å². The Kier molecular flexibility index (Phi) is 9.76. The second-order valence-corrected chi connectivity index (χ2v) is 12.7. The van der Waals surface area contributed by atoms with Gasteiger partial charge in [-0.05, 0) is 47.5 Å². The summed E-state index contributed by atoms with van der Waals surface area (Å²) < 4.78 is 13.3. The molecule has 256 valence electrons. The van der Waals surface area contributed by atoms with Crippen molar-refractivity contribution in [2.24, 2.45) is 5.92 Å². The number of aliphatic hydroxyl groups excluding tert-OH is 1. The molecule has 1 amide bonds. The number of aliphatic hydroxyl groups is 1. The van der Waals surface area contributed by atoms with Crippen LogP contribution in [0.4, 0.5) is 17.1 Å². The van der Waals surface area contributed by atoms with Gasteiger partial charge in [0.15, 0.2) is 6.29 Å². The molecule has 2 N–H and O–H groups in total. The van der Waals surface area contributed by atoms with Gasteiger partial charge in [0.2, 0.25) is 0 Å². The van der Waals surface area contributed by atoms with Crippen LogP contribution < -0.4 is 10.2 Å². The zero-order valence-electron chi connectivity index (χ0n) is 27.6. The van der Waals surface area contributed by atoms with Crippen LogP contribution in [0, 0.1) is 16.0 Å². The number of carbonyl (C=O) groups excluding carboxylic acids is 1. The number of para-hydroxylation sites is 2. The SMILES string of the molecule is C[C@@H]1[C@H](CN2CCN(c3ccc([N+](=O)[O-])cc3)CC2)O[C@H](c2ccc(NC(=O)c3cnc4ccccc4n3)cc2)O[C@@H]1c1ccc(CO)cc1. The van der Waals surface area contributed by atoms with E-state index in [1.165, 1.54) is 6.20 Å². The normalized spacial score (nSPS) is 21.2. The Labute approximate surface area is 289 Å². The molecular weight excluding hydrogens is 636 g/mol. The Balaban J connectivity index is 1.04. The molecule has 12 heteroatoms. The van der Waals surface area contributed by atoms with Gasteiger partial charge in [-0.2, -0.15) is 0 Å². The van der Waals surface area contributed by atoms with Crippen molar-refractivity contribution in [2.45, 2.75) is 32.0 Å². The lowest BCUT2D eigenvalue weighted by atomic mass is 9.90. The Bertz CT molecular complexity index is 1950. The number of nitrogens with one attached hydrogen (secondary N) is 1. The van der Waals surface area contributed by atoms with E-state index in [0.717, 1.165) is 54.1 Å². The first kappa shape index (κ1) is 33.2. The number of nitro benzene ring substituents is 1. The summed E-state index contributed by atoms with van der Waals surface area (Å²) in [6, 6.07) is 29.4. The molecule has 4 aromatic carbocycles. The molecule has 0 unspecified atom stereocenters. The van der Waals surface area contributed by atoms with E-state index in [9.17, 15) is 20.0 Å². The fraction of sp³-hybridized carbons (Fsp3) is 0.289. The maximum absolute atomic E-state index is 13.0. The van der Waals surface area contributed by atoms with E-state index in [2.05, 4.69) is 32.0 Å². The van der Waals surface area contributed by atoms with E-state index in [0.29, 0.717) is 17.7 Å². The summed E-state index contributed by atoms with van der Waals surface area (Å²) in [7, 11) is 0. The van der Waals surface area contributed by atoms with Gasteiger partial charge in [-0.3, -0.25) is 24.8 Å². The molecule has 2 aliphatic heterocycles. The molecule has 0 bridgehead atoms. The predicted molar refractivity (Wildman–Crippen MR) is 189 cm³/mol. The summed E-state index contributed by atoms with van der Waals surface area (Å²) in [5.74, 6) is -0.323. The number of ether oxygens (including phenoxy) is 2. The zero-order chi connectivity index (χ0) is 34.6. The molecule has 0 spiro atoms. The number of aromatic nitrogens is 2. The van der Waals surface area contributed by atoms with Crippen molar-refractivity contribution < 1.29 is 24.3 Å². The number of piperazine rings is 1. The maximum atomic E-state index is 13.0. The minimum Gasteiger partial charge on any atom is -0.392 e. The van der Waals surface area contributed by atoms with Crippen molar-refractivity contribution in [3.63, 3.8) is 0 Å². The summed E-state index contributed by atoms with van der Waals surface area (Å²) >= 11 is 0. The number of nitrogens with zero attached hydrogens (tertiary/aromatic N) is 5. The van der Waals surface area contributed by atoms with E-state index in [1.54, 1.807) is 12.1 Å². The van der Waals surface area contributed by atoms with Crippen LogP contribution in [0.15, 0.2) is 103 Å². The minimum atomic E-state index is -0.642. The van der Waals surface area contributed by atoms with E-state index < -0.39 is 6.29 Å². The van der Waals surface area contributed by atoms with E-state index >= 15 is 0 Å². The molecule has 1 aromatic heterocycles. The number of rotatable bonds is 9. The Morgan fingerprint density at radius 3 is 2.26 bits per heavy atom. The number of nitro groups is 1. The summed E-state index contributed by atoms with van der Waals surface area (Å²) in [6.45, 7) is 6.06. The molecule has 0 radical (unpaired) electrons. The Hall–Kier alpha value is -5.27. The fourth-order valence-corrected chi connectivity index (χ4v) is 6.54. The van der Waals surface area contributed by atoms with Crippen LogP contribution in [0.25, 0.3) is 11.0 Å². The second kappa shape index (κ2) is 14.7. The highest BCUT2D eigenvalue weighted by molar-refractivity contribution is 6.03. The van der Waals surface area contributed by atoms with Gasteiger partial charge < -0.3 is 24.8 Å². The third-order valence-corrected chi connectivity index (χ3v) is 9.48. The molecule has 2 saturated heterocycles. The third-order valence-electron chi connectivity index (χ3n) is 9.48. The van der Waals surface area contributed by atoms with Crippen molar-refractivity contribution >= 4 is 34.0 Å². The summed E-state index contributed by atoms with van der Waals surface area (Å²) in [5, 5.41) is 23.6. The van der Waals surface area contributed by atoms with Crippen LogP contribution in [-0.2, 0) is 16.1 Å². The van der Waals surface area contributed by atoms with E-state index in [4.69, 9.17) is 9.47 Å². The number of carbonyl (C=O) groups is 1. The molecule has 2 aliphatic rings. The number of hydrogen-bond acceptors (Lipinski definition) is 10. The van der Waals surface area contributed by atoms with Crippen molar-refractivity contribution in [2.75, 3.05) is 42.9 Å². The molecule has 3 heterocycles. The topological polar surface area (TPSA) is 143 Å². The third kappa shape index (κ3) is 7.33. The Morgan fingerprint density at radius 2 is 1.58 bits per heavy atom. The molecule has 0 aliphatic carbocycles. The van der Waals surface area contributed by atoms with Crippen LogP contribution in [0.3, 0.4) is 0 Å². The number of fused-ring (bicyclic) bond motifs is 1. The van der Waals surface area contributed by atoms with Crippen LogP contribution in [0.5, 0.6) is 0 Å². The fourth-order valence-electron chi connectivity index (χ4n) is 6.54. The average Bonchev–Trinajstić information content (AvgIpc) is 3.16. The molecule has 2 fully saturated rings. The lowest BCUT2D eigenvalue weighted by Gasteiger charge is -2.44. The van der Waals surface area contributed by atoms with Gasteiger partial charge in [-0.15, -0.1) is 0 Å². The first-order valence-corrected chi connectivity index (χ1v) is 16.7. The first-order valence-electron chi connectivity index (χ1n) is 16.7. The standard InChI is InChI=1S/C38H38N6O6/c1-25-35(23-42-18-20-43(21-19-42)30-14-16-31(17-15-30)44(47)48)49-38(50-36(25)27-8-6-26(24-45)7-9-27)28-10-12-29(13-11-28)40-37(46)34-22-39-32-4-2-3-5-33(32)41-34/h2-17,22,25,35-36,38,45H,18-21,23-24H2,1H3,(H,40,46)/t25-,35+,36+,38+/m1/s1. The smallest absolute Gasteiger partial charge is 0.275 e. The second-order valence-electron chi connectivity index (χ2n) is 12.7. The molecule has 50 heavy (non-hydrogen) atoms. The monoisotopic (exact) mass is 674 g/mol. The molecule has 7 rings (SSSR count). The van der Waals surface area contributed by atoms with Crippen LogP contribution in [0.1, 0.15) is 46.5 Å². The minimum absolute atomic E-state index is 0.0283. The highest BCUT2D eigenvalue weighted by Gasteiger charge is 2.39. The molecule has 4 atom stereocenters. The molecular formula is C38H38N6O6. The zero-order valence-corrected chi connectivity index (χ0v) is 27.6. The number of anilines is 2. The maximum Gasteiger partial charge on any atom is 0.275 e. The van der Waals surface area contributed by atoms with Crippen molar-refractivity contribution in [1.29, 1.82) is 0 Å². The first-order chi connectivity index (χ1) is 24.3. The number of hydrogen-bond donors (Lipinski definition) is 2. The number of benzene rings is 4. The quantitative estimate of drug-likeness (QED) is 0.143. The Morgan fingerprint density at radius 1 is 0.900 bits per heavy atom. The van der Waals surface area contributed by atoms with Gasteiger partial charge in [-0.1, -0.05) is 55.5 Å². The van der Waals surface area contributed by atoms with Crippen molar-refractivity contribution in [3.8, 4) is 0 Å². The number of non-ortho nitro benzene ring substituents is 1. The van der Waals surface area contributed by atoms with E-state index in [1.807, 2.05) is 84.9 Å². The average molecular weight is 675 g/mol. The molecule has 0 saturated carbocycles. The summed E-state index contributed by atoms with van der Waals surface area (Å²) in [6.07, 6.45) is 0.433. The van der Waals surface area contributed by atoms with Crippen molar-refractivity contribution in [3.05, 3.63) is 136 Å². The summed E-state index contributed by atoms with van der Waals surface area (Å²) in [4.78, 5) is 37.1. The highest BCUT2D eigenvalue weighted by atomic mass is 16.7. The van der Waals surface area contributed by atoms with Gasteiger partial charge in [0.1, 0.15) is 5.69 Å². The van der Waals surface area contributed by atoms with E-state index in [-0.39, 0.29) is 46.9 Å². The summed E-state index contributed by atoms with van der Waals surface area (Å²) in [5.41, 5.74) is 5.94. The highest BCUT2D eigenvalue weighted by Crippen LogP contribution is 2.42.